The second kappa shape index (κ2) is 5.55. The van der Waals surface area contributed by atoms with E-state index in [9.17, 15) is 0 Å². The molecule has 1 aromatic carbocycles. The van der Waals surface area contributed by atoms with Crippen molar-refractivity contribution < 1.29 is 0 Å². The summed E-state index contributed by atoms with van der Waals surface area (Å²) in [6.45, 7) is 7.38. The third kappa shape index (κ3) is 3.51. The van der Waals surface area contributed by atoms with Gasteiger partial charge in [0.1, 0.15) is 0 Å². The minimum Gasteiger partial charge on any atom is -0.397 e. The number of hydrogen-bond acceptors (Lipinski definition) is 3. The second-order valence-electron chi connectivity index (χ2n) is 5.46. The van der Waals surface area contributed by atoms with Crippen LogP contribution in [0.3, 0.4) is 0 Å². The third-order valence-corrected chi connectivity index (χ3v) is 5.22. The fraction of sp³-hybridized carbons (Fsp3) is 0.333. The zero-order valence-corrected chi connectivity index (χ0v) is 13.9. The molecule has 0 unspecified atom stereocenters. The monoisotopic (exact) mass is 338 g/mol. The fourth-order valence-electron chi connectivity index (χ4n) is 1.91. The predicted octanol–water partition coefficient (Wildman–Crippen LogP) is 4.79. The van der Waals surface area contributed by atoms with Crippen LogP contribution in [0.1, 0.15) is 24.3 Å². The van der Waals surface area contributed by atoms with Crippen LogP contribution >= 0.6 is 27.3 Å². The molecule has 1 heterocycles. The molecule has 0 amide bonds. The van der Waals surface area contributed by atoms with Crippen molar-refractivity contribution in [2.75, 3.05) is 17.6 Å². The van der Waals surface area contributed by atoms with Crippen LogP contribution in [0.2, 0.25) is 0 Å². The number of rotatable bonds is 4. The Morgan fingerprint density at radius 3 is 2.63 bits per heavy atom. The average molecular weight is 339 g/mol. The number of anilines is 2. The van der Waals surface area contributed by atoms with Crippen LogP contribution in [-0.4, -0.2) is 6.54 Å². The maximum Gasteiger partial charge on any atom is 0.0574 e. The van der Waals surface area contributed by atoms with Gasteiger partial charge in [-0.3, -0.25) is 0 Å². The van der Waals surface area contributed by atoms with Gasteiger partial charge in [0.05, 0.1) is 11.4 Å². The molecule has 0 atom stereocenters. The van der Waals surface area contributed by atoms with Gasteiger partial charge in [-0.25, -0.2) is 0 Å². The van der Waals surface area contributed by atoms with E-state index in [1.165, 1.54) is 10.4 Å². The van der Waals surface area contributed by atoms with Gasteiger partial charge in [-0.1, -0.05) is 19.9 Å². The van der Waals surface area contributed by atoms with Crippen LogP contribution in [0.4, 0.5) is 11.4 Å². The van der Waals surface area contributed by atoms with Crippen molar-refractivity contribution in [3.63, 3.8) is 0 Å². The Hall–Kier alpha value is -1.000. The van der Waals surface area contributed by atoms with Crippen molar-refractivity contribution in [2.24, 2.45) is 0 Å². The topological polar surface area (TPSA) is 38.0 Å². The Balaban J connectivity index is 2.09. The normalized spacial score (nSPS) is 11.6. The molecule has 4 heteroatoms. The van der Waals surface area contributed by atoms with Crippen molar-refractivity contribution >= 4 is 38.6 Å². The lowest BCUT2D eigenvalue weighted by Gasteiger charge is -2.25. The maximum atomic E-state index is 6.03. The van der Waals surface area contributed by atoms with Gasteiger partial charge < -0.3 is 11.1 Å². The first-order chi connectivity index (χ1) is 8.88. The maximum absolute atomic E-state index is 6.03. The lowest BCUT2D eigenvalue weighted by molar-refractivity contribution is 0.569. The smallest absolute Gasteiger partial charge is 0.0574 e. The lowest BCUT2D eigenvalue weighted by atomic mass is 9.91. The number of halogens is 1. The molecule has 1 aromatic heterocycles. The van der Waals surface area contributed by atoms with E-state index >= 15 is 0 Å². The zero-order valence-electron chi connectivity index (χ0n) is 11.5. The largest absolute Gasteiger partial charge is 0.397 e. The first-order valence-electron chi connectivity index (χ1n) is 6.23. The van der Waals surface area contributed by atoms with Crippen molar-refractivity contribution in [3.8, 4) is 0 Å². The van der Waals surface area contributed by atoms with E-state index < -0.39 is 0 Å². The van der Waals surface area contributed by atoms with Crippen molar-refractivity contribution in [2.45, 2.75) is 26.2 Å². The summed E-state index contributed by atoms with van der Waals surface area (Å²) >= 11 is 5.29. The van der Waals surface area contributed by atoms with Crippen LogP contribution in [-0.2, 0) is 5.41 Å². The first-order valence-corrected chi connectivity index (χ1v) is 7.90. The summed E-state index contributed by atoms with van der Waals surface area (Å²) in [5, 5.41) is 5.58. The van der Waals surface area contributed by atoms with Gasteiger partial charge in [0.2, 0.25) is 0 Å². The quantitative estimate of drug-likeness (QED) is 0.786. The van der Waals surface area contributed by atoms with Crippen molar-refractivity contribution in [1.29, 1.82) is 0 Å². The predicted molar refractivity (Wildman–Crippen MR) is 89.1 cm³/mol. The highest BCUT2D eigenvalue weighted by Crippen LogP contribution is 2.32. The molecule has 0 spiro atoms. The number of nitrogen functional groups attached to an aromatic ring is 1. The van der Waals surface area contributed by atoms with E-state index in [1.54, 1.807) is 11.3 Å². The Labute approximate surface area is 127 Å². The standard InChI is InChI=1S/C15H19BrN2S/c1-10-4-5-13(12(17)6-10)18-9-15(2,3)14-7-11(16)8-19-14/h4-8,18H,9,17H2,1-3H3. The van der Waals surface area contributed by atoms with Crippen molar-refractivity contribution in [1.82, 2.24) is 0 Å². The lowest BCUT2D eigenvalue weighted by Crippen LogP contribution is -2.26. The van der Waals surface area contributed by atoms with Gasteiger partial charge in [0.15, 0.2) is 0 Å². The number of hydrogen-bond donors (Lipinski definition) is 2. The number of benzene rings is 1. The molecule has 0 fully saturated rings. The van der Waals surface area contributed by atoms with Crippen LogP contribution < -0.4 is 11.1 Å². The van der Waals surface area contributed by atoms with E-state index in [4.69, 9.17) is 5.73 Å². The molecule has 0 saturated carbocycles. The number of nitrogens with one attached hydrogen (secondary N) is 1. The van der Waals surface area contributed by atoms with E-state index in [0.717, 1.165) is 22.4 Å². The minimum atomic E-state index is 0.0774. The molecular formula is C15H19BrN2S. The summed E-state index contributed by atoms with van der Waals surface area (Å²) in [7, 11) is 0. The van der Waals surface area contributed by atoms with E-state index in [0.29, 0.717) is 0 Å². The molecule has 2 nitrogen and oxygen atoms in total. The van der Waals surface area contributed by atoms with Gasteiger partial charge in [0, 0.05) is 26.7 Å². The van der Waals surface area contributed by atoms with Gasteiger partial charge in [0.25, 0.3) is 0 Å². The summed E-state index contributed by atoms with van der Waals surface area (Å²) in [6.07, 6.45) is 0. The van der Waals surface area contributed by atoms with Crippen molar-refractivity contribution in [3.05, 3.63) is 44.6 Å². The molecule has 3 N–H and O–H groups in total. The molecule has 0 saturated heterocycles. The minimum absolute atomic E-state index is 0.0774. The highest BCUT2D eigenvalue weighted by Gasteiger charge is 2.22. The SMILES string of the molecule is Cc1ccc(NCC(C)(C)c2cc(Br)cs2)c(N)c1. The molecule has 102 valence electrons. The highest BCUT2D eigenvalue weighted by atomic mass is 79.9. The molecule has 2 aromatic rings. The Morgan fingerprint density at radius 1 is 1.32 bits per heavy atom. The van der Waals surface area contributed by atoms with E-state index in [-0.39, 0.29) is 5.41 Å². The Kier molecular flexibility index (Phi) is 4.21. The van der Waals surface area contributed by atoms with Crippen LogP contribution in [0.25, 0.3) is 0 Å². The molecule has 0 aliphatic rings. The zero-order chi connectivity index (χ0) is 14.0. The third-order valence-electron chi connectivity index (χ3n) is 3.16. The summed E-state index contributed by atoms with van der Waals surface area (Å²) in [5.74, 6) is 0. The van der Waals surface area contributed by atoms with Gasteiger partial charge in [-0.15, -0.1) is 11.3 Å². The first kappa shape index (κ1) is 14.4. The summed E-state index contributed by atoms with van der Waals surface area (Å²) in [5.41, 5.74) is 9.11. The Morgan fingerprint density at radius 2 is 2.05 bits per heavy atom. The van der Waals surface area contributed by atoms with Crippen LogP contribution in [0, 0.1) is 6.92 Å². The summed E-state index contributed by atoms with van der Waals surface area (Å²) < 4.78 is 1.15. The second-order valence-corrected chi connectivity index (χ2v) is 7.28. The van der Waals surface area contributed by atoms with Gasteiger partial charge in [-0.05, 0) is 46.6 Å². The van der Waals surface area contributed by atoms with E-state index in [2.05, 4.69) is 52.6 Å². The molecule has 0 radical (unpaired) electrons. The number of nitrogens with two attached hydrogens (primary N) is 1. The Bertz CT molecular complexity index is 575. The molecule has 0 aliphatic heterocycles. The summed E-state index contributed by atoms with van der Waals surface area (Å²) in [6, 6.07) is 8.31. The molecule has 19 heavy (non-hydrogen) atoms. The number of thiophene rings is 1. The van der Waals surface area contributed by atoms with Crippen LogP contribution in [0.5, 0.6) is 0 Å². The average Bonchev–Trinajstić information content (AvgIpc) is 2.75. The van der Waals surface area contributed by atoms with E-state index in [1.807, 2.05) is 19.1 Å². The highest BCUT2D eigenvalue weighted by molar-refractivity contribution is 9.10. The van der Waals surface area contributed by atoms with Gasteiger partial charge >= 0.3 is 0 Å². The molecule has 2 rings (SSSR count). The molecule has 0 bridgehead atoms. The summed E-state index contributed by atoms with van der Waals surface area (Å²) in [4.78, 5) is 1.36. The fourth-order valence-corrected chi connectivity index (χ4v) is 3.47. The van der Waals surface area contributed by atoms with Crippen LogP contribution in [0.15, 0.2) is 34.1 Å². The molecular weight excluding hydrogens is 320 g/mol. The molecule has 0 aliphatic carbocycles. The number of aryl methyl sites for hydroxylation is 1. The van der Waals surface area contributed by atoms with Gasteiger partial charge in [-0.2, -0.15) is 0 Å².